The van der Waals surface area contributed by atoms with Gasteiger partial charge in [-0.3, -0.25) is 0 Å². The van der Waals surface area contributed by atoms with Crippen molar-refractivity contribution in [2.24, 2.45) is 11.7 Å². The molecule has 5 nitrogen and oxygen atoms in total. The first-order valence-corrected chi connectivity index (χ1v) is 6.14. The second-order valence-corrected chi connectivity index (χ2v) is 5.02. The number of nitrogens with two attached hydrogens (primary N) is 1. The van der Waals surface area contributed by atoms with Crippen molar-refractivity contribution in [3.63, 3.8) is 0 Å². The van der Waals surface area contributed by atoms with Crippen LogP contribution >= 0.6 is 0 Å². The minimum absolute atomic E-state index is 0.0315. The van der Waals surface area contributed by atoms with Crippen LogP contribution in [0.5, 0.6) is 0 Å². The molecule has 5 heteroatoms. The van der Waals surface area contributed by atoms with Crippen molar-refractivity contribution in [2.75, 3.05) is 0 Å². The average Bonchev–Trinajstić information content (AvgIpc) is 2.85. The van der Waals surface area contributed by atoms with E-state index < -0.39 is 0 Å². The summed E-state index contributed by atoms with van der Waals surface area (Å²) in [5, 5.41) is 3.97. The molecule has 0 saturated carbocycles. The Labute approximate surface area is 106 Å². The summed E-state index contributed by atoms with van der Waals surface area (Å²) in [6.45, 7) is 8.08. The topological polar surface area (TPSA) is 78.1 Å². The molecule has 0 spiro atoms. The number of hydrogen-bond donors (Lipinski definition) is 1. The molecule has 2 aromatic rings. The lowest BCUT2D eigenvalue weighted by Crippen LogP contribution is -2.28. The van der Waals surface area contributed by atoms with Gasteiger partial charge in [0.25, 0.3) is 0 Å². The van der Waals surface area contributed by atoms with Crippen molar-refractivity contribution in [3.8, 4) is 11.6 Å². The predicted molar refractivity (Wildman–Crippen MR) is 68.0 cm³/mol. The summed E-state index contributed by atoms with van der Waals surface area (Å²) in [6.07, 6.45) is 1.62. The van der Waals surface area contributed by atoms with Gasteiger partial charge in [0, 0.05) is 6.04 Å². The van der Waals surface area contributed by atoms with Crippen molar-refractivity contribution in [3.05, 3.63) is 23.8 Å². The second kappa shape index (κ2) is 4.94. The van der Waals surface area contributed by atoms with Crippen LogP contribution in [0.4, 0.5) is 0 Å². The molecule has 98 valence electrons. The highest BCUT2D eigenvalue weighted by molar-refractivity contribution is 5.51. The first-order valence-electron chi connectivity index (χ1n) is 6.14. The Morgan fingerprint density at radius 2 is 2.00 bits per heavy atom. The summed E-state index contributed by atoms with van der Waals surface area (Å²) < 4.78 is 10.7. The highest BCUT2D eigenvalue weighted by Crippen LogP contribution is 2.28. The fraction of sp³-hybridized carbons (Fsp3) is 0.538. The standard InChI is InChI=1S/C13H19N3O2/c1-7(2)10(9(4)14)13-15-12(16-18-13)11-8(3)5-6-17-11/h5-7,9-10H,14H2,1-4H3. The van der Waals surface area contributed by atoms with E-state index in [-0.39, 0.29) is 12.0 Å². The summed E-state index contributed by atoms with van der Waals surface area (Å²) in [5.74, 6) is 2.11. The summed E-state index contributed by atoms with van der Waals surface area (Å²) in [5.41, 5.74) is 6.97. The van der Waals surface area contributed by atoms with Gasteiger partial charge < -0.3 is 14.7 Å². The lowest BCUT2D eigenvalue weighted by atomic mass is 9.90. The van der Waals surface area contributed by atoms with Crippen molar-refractivity contribution < 1.29 is 8.94 Å². The normalized spacial score (nSPS) is 15.0. The molecular weight excluding hydrogens is 230 g/mol. The van der Waals surface area contributed by atoms with Crippen LogP contribution in [-0.2, 0) is 0 Å². The Morgan fingerprint density at radius 1 is 1.28 bits per heavy atom. The van der Waals surface area contributed by atoms with Gasteiger partial charge in [-0.15, -0.1) is 0 Å². The zero-order chi connectivity index (χ0) is 13.3. The summed E-state index contributed by atoms with van der Waals surface area (Å²) in [6, 6.07) is 1.84. The van der Waals surface area contributed by atoms with Crippen molar-refractivity contribution in [2.45, 2.75) is 39.7 Å². The van der Waals surface area contributed by atoms with Gasteiger partial charge in [-0.05, 0) is 31.4 Å². The maximum absolute atomic E-state index is 5.98. The molecule has 0 radical (unpaired) electrons. The molecule has 2 rings (SSSR count). The lowest BCUT2D eigenvalue weighted by Gasteiger charge is -2.20. The number of hydrogen-bond acceptors (Lipinski definition) is 5. The molecule has 0 aliphatic carbocycles. The van der Waals surface area contributed by atoms with Gasteiger partial charge in [-0.1, -0.05) is 19.0 Å². The van der Waals surface area contributed by atoms with Crippen LogP contribution in [0.2, 0.25) is 0 Å². The molecule has 0 aliphatic heterocycles. The van der Waals surface area contributed by atoms with Crippen molar-refractivity contribution in [1.29, 1.82) is 0 Å². The van der Waals surface area contributed by atoms with Gasteiger partial charge in [0.1, 0.15) is 0 Å². The number of aryl methyl sites for hydroxylation is 1. The van der Waals surface area contributed by atoms with Crippen LogP contribution < -0.4 is 5.73 Å². The molecule has 0 amide bonds. The van der Waals surface area contributed by atoms with Crippen LogP contribution in [0.1, 0.15) is 38.1 Å². The van der Waals surface area contributed by atoms with E-state index in [1.807, 2.05) is 19.9 Å². The van der Waals surface area contributed by atoms with Crippen LogP contribution in [0, 0.1) is 12.8 Å². The maximum atomic E-state index is 5.98. The van der Waals surface area contributed by atoms with E-state index in [0.717, 1.165) is 5.56 Å². The number of nitrogens with zero attached hydrogens (tertiary/aromatic N) is 2. The van der Waals surface area contributed by atoms with Gasteiger partial charge in [0.05, 0.1) is 12.2 Å². The van der Waals surface area contributed by atoms with E-state index in [2.05, 4.69) is 24.0 Å². The maximum Gasteiger partial charge on any atom is 0.238 e. The number of aromatic nitrogens is 2. The Hall–Kier alpha value is -1.62. The van der Waals surface area contributed by atoms with E-state index in [4.69, 9.17) is 14.7 Å². The average molecular weight is 249 g/mol. The monoisotopic (exact) mass is 249 g/mol. The van der Waals surface area contributed by atoms with Crippen molar-refractivity contribution in [1.82, 2.24) is 10.1 Å². The Balaban J connectivity index is 2.33. The van der Waals surface area contributed by atoms with Crippen LogP contribution in [0.15, 0.2) is 21.3 Å². The SMILES string of the molecule is Cc1ccoc1-c1noc(C(C(C)C)C(C)N)n1. The van der Waals surface area contributed by atoms with Crippen LogP contribution in [0.3, 0.4) is 0 Å². The molecular formula is C13H19N3O2. The molecule has 2 atom stereocenters. The predicted octanol–water partition coefficient (Wildman–Crippen LogP) is 2.72. The smallest absolute Gasteiger partial charge is 0.238 e. The third-order valence-corrected chi connectivity index (χ3v) is 3.08. The molecule has 0 bridgehead atoms. The molecule has 18 heavy (non-hydrogen) atoms. The Bertz CT molecular complexity index is 506. The third kappa shape index (κ3) is 2.31. The van der Waals surface area contributed by atoms with Gasteiger partial charge >= 0.3 is 0 Å². The molecule has 0 fully saturated rings. The third-order valence-electron chi connectivity index (χ3n) is 3.08. The van der Waals surface area contributed by atoms with E-state index in [0.29, 0.717) is 23.4 Å². The van der Waals surface area contributed by atoms with Crippen LogP contribution in [-0.4, -0.2) is 16.2 Å². The zero-order valence-corrected chi connectivity index (χ0v) is 11.2. The number of rotatable bonds is 4. The van der Waals surface area contributed by atoms with E-state index in [9.17, 15) is 0 Å². The minimum atomic E-state index is -0.0315. The lowest BCUT2D eigenvalue weighted by molar-refractivity contribution is 0.300. The van der Waals surface area contributed by atoms with E-state index in [1.54, 1.807) is 6.26 Å². The first-order chi connectivity index (χ1) is 8.50. The number of furan rings is 1. The quantitative estimate of drug-likeness (QED) is 0.901. The Kier molecular flexibility index (Phi) is 3.52. The molecule has 2 aromatic heterocycles. The fourth-order valence-electron chi connectivity index (χ4n) is 2.18. The van der Waals surface area contributed by atoms with Crippen molar-refractivity contribution >= 4 is 0 Å². The fourth-order valence-corrected chi connectivity index (χ4v) is 2.18. The van der Waals surface area contributed by atoms with E-state index >= 15 is 0 Å². The molecule has 0 aliphatic rings. The highest BCUT2D eigenvalue weighted by atomic mass is 16.5. The molecule has 0 aromatic carbocycles. The Morgan fingerprint density at radius 3 is 2.50 bits per heavy atom. The second-order valence-electron chi connectivity index (χ2n) is 5.02. The van der Waals surface area contributed by atoms with Crippen LogP contribution in [0.25, 0.3) is 11.6 Å². The van der Waals surface area contributed by atoms with Gasteiger partial charge in [0.2, 0.25) is 11.7 Å². The van der Waals surface area contributed by atoms with Gasteiger partial charge in [0.15, 0.2) is 5.76 Å². The van der Waals surface area contributed by atoms with Gasteiger partial charge in [-0.25, -0.2) is 0 Å². The molecule has 0 saturated heterocycles. The molecule has 2 heterocycles. The molecule has 2 N–H and O–H groups in total. The summed E-state index contributed by atoms with van der Waals surface area (Å²) in [4.78, 5) is 4.40. The van der Waals surface area contributed by atoms with Gasteiger partial charge in [-0.2, -0.15) is 4.98 Å². The summed E-state index contributed by atoms with van der Waals surface area (Å²) >= 11 is 0. The van der Waals surface area contributed by atoms with E-state index in [1.165, 1.54) is 0 Å². The highest BCUT2D eigenvalue weighted by Gasteiger charge is 2.27. The molecule has 2 unspecified atom stereocenters. The summed E-state index contributed by atoms with van der Waals surface area (Å²) in [7, 11) is 0. The largest absolute Gasteiger partial charge is 0.461 e. The zero-order valence-electron chi connectivity index (χ0n) is 11.2. The minimum Gasteiger partial charge on any atom is -0.461 e. The first kappa shape index (κ1) is 12.8.